The number of hydrogen-bond acceptors (Lipinski definition) is 4. The molecule has 0 bridgehead atoms. The molecule has 2 rings (SSSR count). The molecular formula is C14H11ClN2O2. The van der Waals surface area contributed by atoms with Crippen LogP contribution in [0.3, 0.4) is 0 Å². The van der Waals surface area contributed by atoms with E-state index in [0.29, 0.717) is 22.8 Å². The topological polar surface area (TPSA) is 55.1 Å². The van der Waals surface area contributed by atoms with Crippen LogP contribution in [0.4, 0.5) is 0 Å². The predicted molar refractivity (Wildman–Crippen MR) is 72.5 cm³/mol. The number of hydrogen-bond donors (Lipinski definition) is 0. The van der Waals surface area contributed by atoms with Crippen LogP contribution in [0.5, 0.6) is 11.5 Å². The van der Waals surface area contributed by atoms with E-state index >= 15 is 0 Å². The highest BCUT2D eigenvalue weighted by molar-refractivity contribution is 6.30. The van der Waals surface area contributed by atoms with Gasteiger partial charge in [0.05, 0.1) is 25.5 Å². The van der Waals surface area contributed by atoms with Gasteiger partial charge in [0.1, 0.15) is 22.7 Å². The molecule has 0 atom stereocenters. The third-order valence-corrected chi connectivity index (χ3v) is 2.94. The first-order valence-corrected chi connectivity index (χ1v) is 5.86. The van der Waals surface area contributed by atoms with Crippen molar-refractivity contribution >= 4 is 11.6 Å². The van der Waals surface area contributed by atoms with E-state index in [1.165, 1.54) is 0 Å². The number of nitriles is 1. The maximum absolute atomic E-state index is 8.83. The molecule has 0 amide bonds. The van der Waals surface area contributed by atoms with Gasteiger partial charge in [0.25, 0.3) is 0 Å². The predicted octanol–water partition coefficient (Wildman–Crippen LogP) is 3.29. The first-order valence-electron chi connectivity index (χ1n) is 5.48. The molecule has 96 valence electrons. The van der Waals surface area contributed by atoms with E-state index in [-0.39, 0.29) is 5.15 Å². The number of ether oxygens (including phenoxy) is 2. The summed E-state index contributed by atoms with van der Waals surface area (Å²) in [5.41, 5.74) is 1.77. The monoisotopic (exact) mass is 274 g/mol. The van der Waals surface area contributed by atoms with Crippen molar-refractivity contribution in [3.63, 3.8) is 0 Å². The summed E-state index contributed by atoms with van der Waals surface area (Å²) < 4.78 is 10.4. The molecule has 0 saturated carbocycles. The average Bonchev–Trinajstić information content (AvgIpc) is 2.46. The summed E-state index contributed by atoms with van der Waals surface area (Å²) in [6.07, 6.45) is 0. The molecule has 4 nitrogen and oxygen atoms in total. The maximum Gasteiger partial charge on any atom is 0.147 e. The van der Waals surface area contributed by atoms with Crippen molar-refractivity contribution < 1.29 is 9.47 Å². The molecule has 0 aliphatic rings. The Bertz CT molecular complexity index is 650. The second-order valence-corrected chi connectivity index (χ2v) is 4.07. The highest BCUT2D eigenvalue weighted by Gasteiger charge is 2.11. The number of halogens is 1. The first-order chi connectivity index (χ1) is 9.19. The SMILES string of the molecule is COc1ccc(-c2ccc(C#N)c(Cl)n2)c(OC)c1. The summed E-state index contributed by atoms with van der Waals surface area (Å²) in [6, 6.07) is 10.8. The zero-order valence-corrected chi connectivity index (χ0v) is 11.2. The lowest BCUT2D eigenvalue weighted by molar-refractivity contribution is 0.395. The minimum absolute atomic E-state index is 0.179. The minimum Gasteiger partial charge on any atom is -0.497 e. The number of benzene rings is 1. The Morgan fingerprint density at radius 1 is 1.16 bits per heavy atom. The van der Waals surface area contributed by atoms with Crippen LogP contribution in [-0.4, -0.2) is 19.2 Å². The Kier molecular flexibility index (Phi) is 3.88. The number of pyridine rings is 1. The van der Waals surface area contributed by atoms with Crippen LogP contribution in [-0.2, 0) is 0 Å². The molecule has 0 radical (unpaired) electrons. The molecule has 19 heavy (non-hydrogen) atoms. The summed E-state index contributed by atoms with van der Waals surface area (Å²) in [7, 11) is 3.16. The second-order valence-electron chi connectivity index (χ2n) is 3.71. The standard InChI is InChI=1S/C14H11ClN2O2/c1-18-10-4-5-11(13(7-10)19-2)12-6-3-9(8-16)14(15)17-12/h3-7H,1-2H3. The van der Waals surface area contributed by atoms with Crippen molar-refractivity contribution in [3.8, 4) is 28.8 Å². The second kappa shape index (κ2) is 5.59. The van der Waals surface area contributed by atoms with Gasteiger partial charge in [0.15, 0.2) is 0 Å². The van der Waals surface area contributed by atoms with E-state index in [0.717, 1.165) is 5.56 Å². The zero-order chi connectivity index (χ0) is 13.8. The normalized spacial score (nSPS) is 9.79. The average molecular weight is 275 g/mol. The molecular weight excluding hydrogens is 264 g/mol. The molecule has 5 heteroatoms. The fourth-order valence-electron chi connectivity index (χ4n) is 1.68. The lowest BCUT2D eigenvalue weighted by Gasteiger charge is -2.10. The summed E-state index contributed by atoms with van der Waals surface area (Å²) >= 11 is 5.93. The fourth-order valence-corrected chi connectivity index (χ4v) is 1.87. The van der Waals surface area contributed by atoms with Gasteiger partial charge in [-0.1, -0.05) is 11.6 Å². The van der Waals surface area contributed by atoms with Crippen LogP contribution in [0.15, 0.2) is 30.3 Å². The lowest BCUT2D eigenvalue weighted by atomic mass is 10.1. The zero-order valence-electron chi connectivity index (χ0n) is 10.5. The Hall–Kier alpha value is -2.25. The molecule has 0 aliphatic heterocycles. The van der Waals surface area contributed by atoms with Gasteiger partial charge in [-0.2, -0.15) is 5.26 Å². The van der Waals surface area contributed by atoms with Gasteiger partial charge in [0.2, 0.25) is 0 Å². The van der Waals surface area contributed by atoms with E-state index in [1.54, 1.807) is 32.4 Å². The summed E-state index contributed by atoms with van der Waals surface area (Å²) in [5.74, 6) is 1.33. The van der Waals surface area contributed by atoms with Gasteiger partial charge in [0, 0.05) is 11.6 Å². The van der Waals surface area contributed by atoms with Crippen molar-refractivity contribution in [2.24, 2.45) is 0 Å². The van der Waals surface area contributed by atoms with Crippen molar-refractivity contribution in [1.29, 1.82) is 5.26 Å². The van der Waals surface area contributed by atoms with Gasteiger partial charge in [-0.3, -0.25) is 0 Å². The van der Waals surface area contributed by atoms with E-state index in [4.69, 9.17) is 26.3 Å². The Labute approximate surface area is 116 Å². The van der Waals surface area contributed by atoms with Crippen LogP contribution in [0.25, 0.3) is 11.3 Å². The number of methoxy groups -OCH3 is 2. The largest absolute Gasteiger partial charge is 0.497 e. The third-order valence-electron chi connectivity index (χ3n) is 2.65. The lowest BCUT2D eigenvalue weighted by Crippen LogP contribution is -1.93. The van der Waals surface area contributed by atoms with E-state index in [9.17, 15) is 0 Å². The van der Waals surface area contributed by atoms with E-state index < -0.39 is 0 Å². The van der Waals surface area contributed by atoms with Crippen molar-refractivity contribution in [2.75, 3.05) is 14.2 Å². The Morgan fingerprint density at radius 3 is 2.53 bits per heavy atom. The van der Waals surface area contributed by atoms with Gasteiger partial charge >= 0.3 is 0 Å². The van der Waals surface area contributed by atoms with Crippen molar-refractivity contribution in [3.05, 3.63) is 41.0 Å². The molecule has 0 N–H and O–H groups in total. The van der Waals surface area contributed by atoms with Crippen LogP contribution in [0, 0.1) is 11.3 Å². The van der Waals surface area contributed by atoms with Crippen LogP contribution >= 0.6 is 11.6 Å². The summed E-state index contributed by atoms with van der Waals surface area (Å²) in [5, 5.41) is 9.01. The molecule has 0 fully saturated rings. The smallest absolute Gasteiger partial charge is 0.147 e. The Balaban J connectivity index is 2.53. The number of rotatable bonds is 3. The number of aromatic nitrogens is 1. The van der Waals surface area contributed by atoms with E-state index in [2.05, 4.69) is 4.98 Å². The highest BCUT2D eigenvalue weighted by atomic mass is 35.5. The van der Waals surface area contributed by atoms with Crippen molar-refractivity contribution in [2.45, 2.75) is 0 Å². The maximum atomic E-state index is 8.83. The molecule has 0 aliphatic carbocycles. The van der Waals surface area contributed by atoms with Crippen molar-refractivity contribution in [1.82, 2.24) is 4.98 Å². The molecule has 0 unspecified atom stereocenters. The van der Waals surface area contributed by atoms with Gasteiger partial charge in [-0.15, -0.1) is 0 Å². The highest BCUT2D eigenvalue weighted by Crippen LogP contribution is 2.33. The first kappa shape index (κ1) is 13.2. The van der Waals surface area contributed by atoms with Crippen LogP contribution in [0.1, 0.15) is 5.56 Å². The summed E-state index contributed by atoms with van der Waals surface area (Å²) in [6.45, 7) is 0. The minimum atomic E-state index is 0.179. The van der Waals surface area contributed by atoms with Crippen LogP contribution < -0.4 is 9.47 Å². The molecule has 0 saturated heterocycles. The van der Waals surface area contributed by atoms with Gasteiger partial charge < -0.3 is 9.47 Å². The molecule has 2 aromatic rings. The quantitative estimate of drug-likeness (QED) is 0.806. The molecule has 1 heterocycles. The fraction of sp³-hybridized carbons (Fsp3) is 0.143. The molecule has 1 aromatic carbocycles. The molecule has 1 aromatic heterocycles. The number of nitrogens with zero attached hydrogens (tertiary/aromatic N) is 2. The van der Waals surface area contributed by atoms with Gasteiger partial charge in [-0.25, -0.2) is 4.98 Å². The van der Waals surface area contributed by atoms with Gasteiger partial charge in [-0.05, 0) is 24.3 Å². The summed E-state index contributed by atoms with van der Waals surface area (Å²) in [4.78, 5) is 4.20. The van der Waals surface area contributed by atoms with Crippen LogP contribution in [0.2, 0.25) is 5.15 Å². The third kappa shape index (κ3) is 2.61. The van der Waals surface area contributed by atoms with E-state index in [1.807, 2.05) is 18.2 Å². The Morgan fingerprint density at radius 2 is 1.95 bits per heavy atom. The molecule has 0 spiro atoms.